The zero-order valence-electron chi connectivity index (χ0n) is 15.5. The number of methoxy groups -OCH3 is 1. The van der Waals surface area contributed by atoms with Crippen molar-refractivity contribution in [2.24, 2.45) is 0 Å². The molecule has 0 radical (unpaired) electrons. The van der Waals surface area contributed by atoms with Crippen molar-refractivity contribution < 1.29 is 14.3 Å². The van der Waals surface area contributed by atoms with Gasteiger partial charge in [-0.3, -0.25) is 9.36 Å². The molecule has 1 heterocycles. The van der Waals surface area contributed by atoms with Gasteiger partial charge in [0.05, 0.1) is 13.7 Å². The van der Waals surface area contributed by atoms with Gasteiger partial charge in [-0.1, -0.05) is 42.1 Å². The largest absolute Gasteiger partial charge is 0.497 e. The molecule has 0 fully saturated rings. The lowest BCUT2D eigenvalue weighted by molar-refractivity contribution is -0.142. The number of hydrogen-bond acceptors (Lipinski definition) is 6. The SMILES string of the molecule is CCOC(=O)[C@H](C)Sc1nnc(-c2cccc(OC)c2)n1-c1ccccc1. The Morgan fingerprint density at radius 3 is 2.63 bits per heavy atom. The summed E-state index contributed by atoms with van der Waals surface area (Å²) in [5.74, 6) is 1.15. The Morgan fingerprint density at radius 2 is 1.93 bits per heavy atom. The van der Waals surface area contributed by atoms with E-state index in [0.717, 1.165) is 17.0 Å². The van der Waals surface area contributed by atoms with Gasteiger partial charge in [0.25, 0.3) is 0 Å². The van der Waals surface area contributed by atoms with Gasteiger partial charge >= 0.3 is 5.97 Å². The van der Waals surface area contributed by atoms with Gasteiger partial charge in [0.15, 0.2) is 11.0 Å². The molecule has 27 heavy (non-hydrogen) atoms. The number of rotatable bonds is 7. The summed E-state index contributed by atoms with van der Waals surface area (Å²) < 4.78 is 12.4. The third-order valence-electron chi connectivity index (χ3n) is 3.88. The lowest BCUT2D eigenvalue weighted by Crippen LogP contribution is -2.17. The van der Waals surface area contributed by atoms with Crippen LogP contribution in [0.4, 0.5) is 0 Å². The van der Waals surface area contributed by atoms with Crippen LogP contribution in [0.15, 0.2) is 59.8 Å². The molecule has 0 saturated carbocycles. The first kappa shape index (κ1) is 19.0. The highest BCUT2D eigenvalue weighted by Crippen LogP contribution is 2.31. The van der Waals surface area contributed by atoms with Crippen LogP contribution < -0.4 is 4.74 Å². The van der Waals surface area contributed by atoms with E-state index >= 15 is 0 Å². The van der Waals surface area contributed by atoms with Crippen LogP contribution in [0.5, 0.6) is 5.75 Å². The van der Waals surface area contributed by atoms with Crippen LogP contribution in [0.3, 0.4) is 0 Å². The van der Waals surface area contributed by atoms with Gasteiger partial charge in [-0.25, -0.2) is 0 Å². The molecule has 0 bridgehead atoms. The Balaban J connectivity index is 2.04. The molecule has 1 aromatic heterocycles. The molecule has 6 nitrogen and oxygen atoms in total. The number of nitrogens with zero attached hydrogens (tertiary/aromatic N) is 3. The molecule has 0 aliphatic rings. The highest BCUT2D eigenvalue weighted by atomic mass is 32.2. The normalized spacial score (nSPS) is 11.8. The Morgan fingerprint density at radius 1 is 1.15 bits per heavy atom. The summed E-state index contributed by atoms with van der Waals surface area (Å²) in [6, 6.07) is 17.5. The van der Waals surface area contributed by atoms with Crippen molar-refractivity contribution in [3.63, 3.8) is 0 Å². The molecule has 0 unspecified atom stereocenters. The first-order valence-corrected chi connectivity index (χ1v) is 9.50. The quantitative estimate of drug-likeness (QED) is 0.454. The molecule has 0 aliphatic heterocycles. The summed E-state index contributed by atoms with van der Waals surface area (Å²) in [5.41, 5.74) is 1.79. The van der Waals surface area contributed by atoms with Crippen molar-refractivity contribution in [2.75, 3.05) is 13.7 Å². The molecule has 1 atom stereocenters. The number of carbonyl (C=O) groups excluding carboxylic acids is 1. The van der Waals surface area contributed by atoms with E-state index in [1.165, 1.54) is 11.8 Å². The van der Waals surface area contributed by atoms with Gasteiger partial charge in [0, 0.05) is 11.3 Å². The smallest absolute Gasteiger partial charge is 0.319 e. The molecular weight excluding hydrogens is 362 g/mol. The van der Waals surface area contributed by atoms with Crippen LogP contribution in [-0.4, -0.2) is 39.7 Å². The molecule has 0 saturated heterocycles. The molecule has 140 valence electrons. The maximum atomic E-state index is 12.0. The number of benzene rings is 2. The average molecular weight is 383 g/mol. The number of carbonyl (C=O) groups is 1. The maximum absolute atomic E-state index is 12.0. The molecule has 7 heteroatoms. The van der Waals surface area contributed by atoms with Crippen molar-refractivity contribution in [1.29, 1.82) is 0 Å². The summed E-state index contributed by atoms with van der Waals surface area (Å²) in [5, 5.41) is 8.95. The van der Waals surface area contributed by atoms with Crippen LogP contribution in [0.25, 0.3) is 17.1 Å². The van der Waals surface area contributed by atoms with Gasteiger partial charge in [0.2, 0.25) is 0 Å². The standard InChI is InChI=1S/C20H21N3O3S/c1-4-26-19(24)14(2)27-20-22-21-18(15-9-8-12-17(13-15)25-3)23(20)16-10-6-5-7-11-16/h5-14H,4H2,1-3H3/t14-/m0/s1. The lowest BCUT2D eigenvalue weighted by atomic mass is 10.2. The van der Waals surface area contributed by atoms with Crippen LogP contribution in [0, 0.1) is 0 Å². The highest BCUT2D eigenvalue weighted by molar-refractivity contribution is 8.00. The molecule has 3 rings (SSSR count). The summed E-state index contributed by atoms with van der Waals surface area (Å²) in [6.07, 6.45) is 0. The minimum atomic E-state index is -0.394. The maximum Gasteiger partial charge on any atom is 0.319 e. The third-order valence-corrected chi connectivity index (χ3v) is 4.90. The van der Waals surface area contributed by atoms with Crippen LogP contribution in [0.2, 0.25) is 0 Å². The Kier molecular flexibility index (Phi) is 6.13. The Hall–Kier alpha value is -2.80. The molecule has 0 N–H and O–H groups in total. The zero-order chi connectivity index (χ0) is 19.2. The number of hydrogen-bond donors (Lipinski definition) is 0. The van der Waals surface area contributed by atoms with E-state index in [4.69, 9.17) is 9.47 Å². The molecule has 0 spiro atoms. The average Bonchev–Trinajstić information content (AvgIpc) is 3.12. The van der Waals surface area contributed by atoms with Gasteiger partial charge in [0.1, 0.15) is 11.0 Å². The van der Waals surface area contributed by atoms with Gasteiger partial charge in [-0.05, 0) is 38.1 Å². The fourth-order valence-electron chi connectivity index (χ4n) is 2.57. The van der Waals surface area contributed by atoms with Crippen LogP contribution in [-0.2, 0) is 9.53 Å². The number of aromatic nitrogens is 3. The van der Waals surface area contributed by atoms with E-state index in [1.54, 1.807) is 21.0 Å². The predicted molar refractivity (Wildman–Crippen MR) is 105 cm³/mol. The van der Waals surface area contributed by atoms with Crippen LogP contribution >= 0.6 is 11.8 Å². The monoisotopic (exact) mass is 383 g/mol. The summed E-state index contributed by atoms with van der Waals surface area (Å²) in [4.78, 5) is 12.0. The first-order chi connectivity index (χ1) is 13.1. The number of thioether (sulfide) groups is 1. The number of esters is 1. The van der Waals surface area contributed by atoms with Crippen molar-refractivity contribution in [1.82, 2.24) is 14.8 Å². The highest BCUT2D eigenvalue weighted by Gasteiger charge is 2.22. The van der Waals surface area contributed by atoms with Gasteiger partial charge < -0.3 is 9.47 Å². The van der Waals surface area contributed by atoms with Crippen LogP contribution in [0.1, 0.15) is 13.8 Å². The van der Waals surface area contributed by atoms with E-state index in [1.807, 2.05) is 59.2 Å². The summed E-state index contributed by atoms with van der Waals surface area (Å²) in [7, 11) is 1.63. The molecule has 0 aliphatic carbocycles. The lowest BCUT2D eigenvalue weighted by Gasteiger charge is -2.13. The van der Waals surface area contributed by atoms with E-state index < -0.39 is 5.25 Å². The van der Waals surface area contributed by atoms with E-state index in [2.05, 4.69) is 10.2 Å². The van der Waals surface area contributed by atoms with E-state index in [9.17, 15) is 4.79 Å². The van der Waals surface area contributed by atoms with Gasteiger partial charge in [-0.15, -0.1) is 10.2 Å². The third kappa shape index (κ3) is 4.31. The van der Waals surface area contributed by atoms with Crippen molar-refractivity contribution in [2.45, 2.75) is 24.3 Å². The minimum absolute atomic E-state index is 0.270. The zero-order valence-corrected chi connectivity index (χ0v) is 16.3. The van der Waals surface area contributed by atoms with E-state index in [-0.39, 0.29) is 5.97 Å². The van der Waals surface area contributed by atoms with Crippen molar-refractivity contribution >= 4 is 17.7 Å². The molecule has 3 aromatic rings. The summed E-state index contributed by atoms with van der Waals surface area (Å²) in [6.45, 7) is 3.95. The van der Waals surface area contributed by atoms with E-state index in [0.29, 0.717) is 17.6 Å². The predicted octanol–water partition coefficient (Wildman–Crippen LogP) is 3.99. The number of ether oxygens (including phenoxy) is 2. The fraction of sp³-hybridized carbons (Fsp3) is 0.250. The topological polar surface area (TPSA) is 66.2 Å². The minimum Gasteiger partial charge on any atom is -0.497 e. The Labute approximate surface area is 162 Å². The molecular formula is C20H21N3O3S. The second-order valence-corrected chi connectivity index (χ2v) is 7.03. The second-order valence-electron chi connectivity index (χ2n) is 5.72. The fourth-order valence-corrected chi connectivity index (χ4v) is 3.44. The van der Waals surface area contributed by atoms with Crippen molar-refractivity contribution in [3.05, 3.63) is 54.6 Å². The van der Waals surface area contributed by atoms with Gasteiger partial charge in [-0.2, -0.15) is 0 Å². The second kappa shape index (κ2) is 8.73. The first-order valence-electron chi connectivity index (χ1n) is 8.62. The molecule has 2 aromatic carbocycles. The number of para-hydroxylation sites is 1. The summed E-state index contributed by atoms with van der Waals surface area (Å²) >= 11 is 1.32. The Bertz CT molecular complexity index is 912. The molecule has 0 amide bonds. The van der Waals surface area contributed by atoms with Crippen molar-refractivity contribution in [3.8, 4) is 22.8 Å².